The Hall–Kier alpha value is -1.57. The summed E-state index contributed by atoms with van der Waals surface area (Å²) in [5, 5.41) is 6.96. The summed E-state index contributed by atoms with van der Waals surface area (Å²) >= 11 is 13.2. The van der Waals surface area contributed by atoms with Gasteiger partial charge in [0, 0.05) is 23.9 Å². The summed E-state index contributed by atoms with van der Waals surface area (Å²) in [7, 11) is 0. The third kappa shape index (κ3) is 4.96. The summed E-state index contributed by atoms with van der Waals surface area (Å²) in [4.78, 5) is 23.8. The predicted molar refractivity (Wildman–Crippen MR) is 98.3 cm³/mol. The van der Waals surface area contributed by atoms with Crippen LogP contribution in [0.25, 0.3) is 0 Å². The summed E-state index contributed by atoms with van der Waals surface area (Å²) in [6.45, 7) is 6.33. The Balaban J connectivity index is 1.99. The quantitative estimate of drug-likeness (QED) is 0.588. The van der Waals surface area contributed by atoms with Gasteiger partial charge in [0.2, 0.25) is 5.91 Å². The van der Waals surface area contributed by atoms with Gasteiger partial charge in [-0.3, -0.25) is 19.4 Å². The van der Waals surface area contributed by atoms with Crippen molar-refractivity contribution in [3.63, 3.8) is 0 Å². The lowest BCUT2D eigenvalue weighted by Crippen LogP contribution is -2.21. The number of aromatic nitrogens is 2. The van der Waals surface area contributed by atoms with Crippen molar-refractivity contribution in [1.29, 1.82) is 0 Å². The number of hydrazone groups is 1. The second-order valence-corrected chi connectivity index (χ2v) is 8.06. The molecule has 0 bridgehead atoms. The van der Waals surface area contributed by atoms with E-state index in [1.165, 1.54) is 22.1 Å². The van der Waals surface area contributed by atoms with E-state index in [1.807, 2.05) is 13.8 Å². The average molecular weight is 389 g/mol. The minimum atomic E-state index is -0.329. The van der Waals surface area contributed by atoms with Crippen LogP contribution in [0.2, 0.25) is 8.67 Å². The van der Waals surface area contributed by atoms with Crippen molar-refractivity contribution in [3.8, 4) is 0 Å². The molecule has 0 spiro atoms. The average Bonchev–Trinajstić information content (AvgIpc) is 2.98. The highest BCUT2D eigenvalue weighted by molar-refractivity contribution is 7.20. The molecule has 2 aromatic rings. The van der Waals surface area contributed by atoms with Crippen molar-refractivity contribution in [2.45, 2.75) is 33.7 Å². The van der Waals surface area contributed by atoms with Gasteiger partial charge in [0.05, 0.1) is 16.5 Å². The van der Waals surface area contributed by atoms with E-state index in [9.17, 15) is 9.59 Å². The smallest absolute Gasteiger partial charge is 0.266 e. The van der Waals surface area contributed by atoms with Crippen LogP contribution in [0.5, 0.6) is 0 Å². The van der Waals surface area contributed by atoms with Crippen molar-refractivity contribution in [2.75, 3.05) is 0 Å². The molecule has 1 amide bonds. The van der Waals surface area contributed by atoms with Gasteiger partial charge in [-0.25, -0.2) is 5.43 Å². The van der Waals surface area contributed by atoms with Gasteiger partial charge < -0.3 is 0 Å². The minimum Gasteiger partial charge on any atom is -0.299 e. The van der Waals surface area contributed by atoms with Gasteiger partial charge >= 0.3 is 0 Å². The number of carbonyl (C=O) groups excluding carboxylic acids is 1. The lowest BCUT2D eigenvalue weighted by Gasteiger charge is -2.05. The number of hydrogen-bond acceptors (Lipinski definition) is 4. The Bertz CT molecular complexity index is 820. The maximum atomic E-state index is 12.0. The highest BCUT2D eigenvalue weighted by Gasteiger charge is 2.11. The number of hydrogen-bond donors (Lipinski definition) is 2. The molecular formula is C15H18Cl2N4O2S. The van der Waals surface area contributed by atoms with Crippen LogP contribution in [0.3, 0.4) is 0 Å². The van der Waals surface area contributed by atoms with Gasteiger partial charge in [0.15, 0.2) is 0 Å². The summed E-state index contributed by atoms with van der Waals surface area (Å²) in [6.07, 6.45) is 0.0369. The van der Waals surface area contributed by atoms with Crippen LogP contribution in [0.1, 0.15) is 32.0 Å². The molecular weight excluding hydrogens is 371 g/mol. The molecule has 0 aliphatic rings. The molecule has 2 heterocycles. The number of aromatic amines is 1. The molecule has 0 fully saturated rings. The summed E-state index contributed by atoms with van der Waals surface area (Å²) < 4.78 is 2.57. The molecule has 6 nitrogen and oxygen atoms in total. The second-order valence-electron chi connectivity index (χ2n) is 5.77. The fraction of sp³-hybridized carbons (Fsp3) is 0.400. The maximum Gasteiger partial charge on any atom is 0.266 e. The Kier molecular flexibility index (Phi) is 6.26. The minimum absolute atomic E-state index is 0.0369. The molecule has 0 radical (unpaired) electrons. The zero-order valence-corrected chi connectivity index (χ0v) is 15.8. The number of amides is 1. The molecule has 0 aliphatic heterocycles. The van der Waals surface area contributed by atoms with Crippen molar-refractivity contribution in [3.05, 3.63) is 42.4 Å². The largest absolute Gasteiger partial charge is 0.299 e. The standard InChI is InChI=1S/C15H18Cl2N4O2S/c1-8(2)7-21-14(23)5-10(20-21)4-13(22)19-18-9(3)11-6-12(16)24-15(11)17/h5-6,8,20H,4,7H2,1-3H3,(H,19,22)/b18-9-. The monoisotopic (exact) mass is 388 g/mol. The first-order chi connectivity index (χ1) is 11.3. The highest BCUT2D eigenvalue weighted by atomic mass is 35.5. The Labute approximate surface area is 153 Å². The van der Waals surface area contributed by atoms with Crippen molar-refractivity contribution < 1.29 is 4.79 Å². The molecule has 130 valence electrons. The first-order valence-corrected chi connectivity index (χ1v) is 8.90. The summed E-state index contributed by atoms with van der Waals surface area (Å²) in [5.41, 5.74) is 4.09. The molecule has 0 unspecified atom stereocenters. The van der Waals surface area contributed by atoms with E-state index >= 15 is 0 Å². The number of H-pyrrole nitrogens is 1. The van der Waals surface area contributed by atoms with E-state index in [1.54, 1.807) is 13.0 Å². The zero-order chi connectivity index (χ0) is 17.9. The number of halogens is 2. The third-order valence-corrected chi connectivity index (χ3v) is 4.62. The first-order valence-electron chi connectivity index (χ1n) is 7.33. The normalized spacial score (nSPS) is 12.0. The van der Waals surface area contributed by atoms with Gasteiger partial charge in [-0.2, -0.15) is 5.10 Å². The molecule has 2 aromatic heterocycles. The second kappa shape index (κ2) is 8.00. The Morgan fingerprint density at radius 2 is 2.12 bits per heavy atom. The van der Waals surface area contributed by atoms with Gasteiger partial charge in [-0.05, 0) is 18.9 Å². The molecule has 0 saturated carbocycles. The highest BCUT2D eigenvalue weighted by Crippen LogP contribution is 2.31. The maximum absolute atomic E-state index is 12.0. The van der Waals surface area contributed by atoms with Gasteiger partial charge in [0.25, 0.3) is 5.56 Å². The lowest BCUT2D eigenvalue weighted by atomic mass is 10.2. The van der Waals surface area contributed by atoms with Gasteiger partial charge in [-0.1, -0.05) is 37.0 Å². The van der Waals surface area contributed by atoms with E-state index in [4.69, 9.17) is 23.2 Å². The van der Waals surface area contributed by atoms with Crippen LogP contribution in [-0.4, -0.2) is 21.4 Å². The molecule has 9 heteroatoms. The number of carbonyl (C=O) groups is 1. The Morgan fingerprint density at radius 3 is 2.71 bits per heavy atom. The van der Waals surface area contributed by atoms with Crippen molar-refractivity contribution in [1.82, 2.24) is 15.2 Å². The number of thiophene rings is 1. The van der Waals surface area contributed by atoms with E-state index < -0.39 is 0 Å². The first kappa shape index (κ1) is 18.8. The van der Waals surface area contributed by atoms with Crippen LogP contribution in [0.15, 0.2) is 22.0 Å². The molecule has 0 aromatic carbocycles. The molecule has 2 rings (SSSR count). The van der Waals surface area contributed by atoms with Gasteiger partial charge in [-0.15, -0.1) is 11.3 Å². The fourth-order valence-electron chi connectivity index (χ4n) is 2.08. The number of nitrogens with zero attached hydrogens (tertiary/aromatic N) is 2. The van der Waals surface area contributed by atoms with Crippen LogP contribution >= 0.6 is 34.5 Å². The van der Waals surface area contributed by atoms with Crippen LogP contribution in [0, 0.1) is 5.92 Å². The SMILES string of the molecule is C/C(=N/NC(=O)Cc1cc(=O)n(CC(C)C)[nH]1)c1cc(Cl)sc1Cl. The molecule has 0 atom stereocenters. The Morgan fingerprint density at radius 1 is 1.42 bits per heavy atom. The number of rotatable bonds is 6. The lowest BCUT2D eigenvalue weighted by molar-refractivity contribution is -0.120. The van der Waals surface area contributed by atoms with Crippen molar-refractivity contribution in [2.24, 2.45) is 11.0 Å². The van der Waals surface area contributed by atoms with Crippen LogP contribution in [-0.2, 0) is 17.8 Å². The van der Waals surface area contributed by atoms with Gasteiger partial charge in [0.1, 0.15) is 4.34 Å². The zero-order valence-electron chi connectivity index (χ0n) is 13.5. The third-order valence-electron chi connectivity index (χ3n) is 3.14. The van der Waals surface area contributed by atoms with Crippen molar-refractivity contribution >= 4 is 46.2 Å². The predicted octanol–water partition coefficient (Wildman–Crippen LogP) is 3.28. The summed E-state index contributed by atoms with van der Waals surface area (Å²) in [5.74, 6) is 0.00204. The molecule has 0 saturated heterocycles. The van der Waals surface area contributed by atoms with Crippen LogP contribution in [0.4, 0.5) is 0 Å². The van der Waals surface area contributed by atoms with E-state index in [0.29, 0.717) is 38.1 Å². The topological polar surface area (TPSA) is 79.2 Å². The molecule has 24 heavy (non-hydrogen) atoms. The van der Waals surface area contributed by atoms with E-state index in [2.05, 4.69) is 15.6 Å². The molecule has 2 N–H and O–H groups in total. The fourth-order valence-corrected chi connectivity index (χ4v) is 3.65. The molecule has 0 aliphatic carbocycles. The summed E-state index contributed by atoms with van der Waals surface area (Å²) in [6, 6.07) is 3.12. The number of nitrogens with one attached hydrogen (secondary N) is 2. The van der Waals surface area contributed by atoms with Crippen LogP contribution < -0.4 is 11.0 Å². The van der Waals surface area contributed by atoms with E-state index in [0.717, 1.165) is 0 Å². The van der Waals surface area contributed by atoms with E-state index in [-0.39, 0.29) is 17.9 Å².